The highest BCUT2D eigenvalue weighted by atomic mass is 16.5. The van der Waals surface area contributed by atoms with Gasteiger partial charge in [-0.3, -0.25) is 14.8 Å². The summed E-state index contributed by atoms with van der Waals surface area (Å²) in [6.45, 7) is 5.50. The first-order chi connectivity index (χ1) is 17.1. The van der Waals surface area contributed by atoms with Crippen molar-refractivity contribution in [3.63, 3.8) is 0 Å². The van der Waals surface area contributed by atoms with Crippen LogP contribution in [0.25, 0.3) is 10.9 Å². The highest BCUT2D eigenvalue weighted by molar-refractivity contribution is 6.03. The number of ether oxygens (including phenoxy) is 1. The number of nitrogens with one attached hydrogen (secondary N) is 2. The van der Waals surface area contributed by atoms with Gasteiger partial charge in [-0.2, -0.15) is 5.10 Å². The number of anilines is 1. The fraction of sp³-hybridized carbons (Fsp3) is 0.481. The van der Waals surface area contributed by atoms with Gasteiger partial charge in [-0.25, -0.2) is 0 Å². The Labute approximate surface area is 205 Å². The lowest BCUT2D eigenvalue weighted by Crippen LogP contribution is -2.35. The van der Waals surface area contributed by atoms with E-state index in [9.17, 15) is 9.90 Å². The van der Waals surface area contributed by atoms with E-state index in [4.69, 9.17) is 4.74 Å². The van der Waals surface area contributed by atoms with E-state index in [1.165, 1.54) is 36.0 Å². The molecule has 2 aliphatic heterocycles. The Morgan fingerprint density at radius 1 is 1.09 bits per heavy atom. The molecule has 35 heavy (non-hydrogen) atoms. The average Bonchev–Trinajstić information content (AvgIpc) is 3.48. The van der Waals surface area contributed by atoms with Crippen LogP contribution in [-0.2, 0) is 24.4 Å². The van der Waals surface area contributed by atoms with E-state index < -0.39 is 0 Å². The van der Waals surface area contributed by atoms with Crippen LogP contribution in [0.4, 0.5) is 5.82 Å². The molecule has 0 spiro atoms. The molecule has 0 unspecified atom stereocenters. The van der Waals surface area contributed by atoms with Crippen molar-refractivity contribution in [1.29, 1.82) is 0 Å². The van der Waals surface area contributed by atoms with Gasteiger partial charge in [0, 0.05) is 50.2 Å². The van der Waals surface area contributed by atoms with E-state index in [1.54, 1.807) is 12.1 Å². The van der Waals surface area contributed by atoms with Crippen LogP contribution < -0.4 is 5.32 Å². The maximum atomic E-state index is 13.5. The first kappa shape index (κ1) is 22.4. The van der Waals surface area contributed by atoms with Crippen LogP contribution in [0, 0.1) is 0 Å². The minimum absolute atomic E-state index is 0.0145. The molecule has 1 aromatic heterocycles. The van der Waals surface area contributed by atoms with Crippen molar-refractivity contribution in [2.24, 2.45) is 0 Å². The van der Waals surface area contributed by atoms with E-state index in [0.717, 1.165) is 62.4 Å². The van der Waals surface area contributed by atoms with Gasteiger partial charge in [-0.15, -0.1) is 0 Å². The van der Waals surface area contributed by atoms with E-state index in [0.29, 0.717) is 24.7 Å². The molecule has 1 saturated heterocycles. The Balaban J connectivity index is 1.19. The standard InChI is InChI=1S/C27H33N5O3/c33-25-14-24-22(26(30-29-24)28-21-4-2-1-3-5-21)13-23(25)27(34)32-16-19-7-6-18(12-20(19)17-32)15-31-8-10-35-11-9-31/h6-7,12-14,21,33H,1-5,8-11,15-17H2,(H2,28,29,30). The van der Waals surface area contributed by atoms with Crippen LogP contribution in [0.15, 0.2) is 30.3 Å². The van der Waals surface area contributed by atoms with Gasteiger partial charge >= 0.3 is 0 Å². The molecule has 2 fully saturated rings. The smallest absolute Gasteiger partial charge is 0.258 e. The molecule has 6 rings (SSSR count). The third-order valence-electron chi connectivity index (χ3n) is 7.65. The minimum Gasteiger partial charge on any atom is -0.507 e. The van der Waals surface area contributed by atoms with E-state index in [-0.39, 0.29) is 11.7 Å². The molecule has 2 aromatic carbocycles. The molecule has 8 heteroatoms. The Morgan fingerprint density at radius 2 is 1.89 bits per heavy atom. The number of nitrogens with zero attached hydrogens (tertiary/aromatic N) is 3. The number of aromatic amines is 1. The Morgan fingerprint density at radius 3 is 2.71 bits per heavy atom. The van der Waals surface area contributed by atoms with E-state index in [1.807, 2.05) is 4.90 Å². The predicted octanol–water partition coefficient (Wildman–Crippen LogP) is 4.00. The average molecular weight is 476 g/mol. The summed E-state index contributed by atoms with van der Waals surface area (Å²) in [4.78, 5) is 17.7. The summed E-state index contributed by atoms with van der Waals surface area (Å²) in [7, 11) is 0. The van der Waals surface area contributed by atoms with Crippen molar-refractivity contribution in [2.75, 3.05) is 31.6 Å². The zero-order chi connectivity index (χ0) is 23.8. The number of aromatic hydroxyl groups is 1. The lowest BCUT2D eigenvalue weighted by Gasteiger charge is -2.26. The van der Waals surface area contributed by atoms with Crippen LogP contribution in [0.1, 0.15) is 59.2 Å². The summed E-state index contributed by atoms with van der Waals surface area (Å²) >= 11 is 0. The molecule has 3 heterocycles. The third-order valence-corrected chi connectivity index (χ3v) is 7.65. The number of aromatic nitrogens is 2. The number of fused-ring (bicyclic) bond motifs is 2. The summed E-state index contributed by atoms with van der Waals surface area (Å²) in [5.41, 5.74) is 4.68. The highest BCUT2D eigenvalue weighted by Crippen LogP contribution is 2.33. The molecule has 0 atom stereocenters. The molecule has 184 valence electrons. The molecule has 1 aliphatic carbocycles. The molecule has 3 aliphatic rings. The summed E-state index contributed by atoms with van der Waals surface area (Å²) in [6, 6.07) is 10.3. The van der Waals surface area contributed by atoms with Crippen molar-refractivity contribution in [2.45, 2.75) is 57.8 Å². The topological polar surface area (TPSA) is 93.7 Å². The number of phenols is 1. The lowest BCUT2D eigenvalue weighted by molar-refractivity contribution is 0.0342. The van der Waals surface area contributed by atoms with Crippen molar-refractivity contribution in [3.05, 3.63) is 52.6 Å². The Hall–Kier alpha value is -3.10. The second kappa shape index (κ2) is 9.51. The number of hydrogen-bond donors (Lipinski definition) is 3. The van der Waals surface area contributed by atoms with Crippen LogP contribution in [0.5, 0.6) is 5.75 Å². The number of amides is 1. The summed E-state index contributed by atoms with van der Waals surface area (Å²) < 4.78 is 5.45. The summed E-state index contributed by atoms with van der Waals surface area (Å²) in [5.74, 6) is 0.595. The van der Waals surface area contributed by atoms with Gasteiger partial charge in [0.25, 0.3) is 5.91 Å². The maximum Gasteiger partial charge on any atom is 0.258 e. The molecule has 0 bridgehead atoms. The molecule has 1 saturated carbocycles. The number of morpholine rings is 1. The number of rotatable bonds is 5. The molecule has 8 nitrogen and oxygen atoms in total. The second-order valence-electron chi connectivity index (χ2n) is 10.1. The minimum atomic E-state index is -0.153. The number of phenolic OH excluding ortho intramolecular Hbond substituents is 1. The molecule has 0 radical (unpaired) electrons. The molecule has 3 aromatic rings. The highest BCUT2D eigenvalue weighted by Gasteiger charge is 2.27. The quantitative estimate of drug-likeness (QED) is 0.517. The fourth-order valence-corrected chi connectivity index (χ4v) is 5.65. The van der Waals surface area contributed by atoms with Gasteiger partial charge in [0.1, 0.15) is 5.75 Å². The number of H-pyrrole nitrogens is 1. The summed E-state index contributed by atoms with van der Waals surface area (Å²) in [5, 5.41) is 22.5. The zero-order valence-corrected chi connectivity index (χ0v) is 20.1. The fourth-order valence-electron chi connectivity index (χ4n) is 5.65. The van der Waals surface area contributed by atoms with Crippen molar-refractivity contribution in [3.8, 4) is 5.75 Å². The van der Waals surface area contributed by atoms with Gasteiger partial charge in [0.2, 0.25) is 0 Å². The monoisotopic (exact) mass is 475 g/mol. The normalized spacial score (nSPS) is 19.3. The largest absolute Gasteiger partial charge is 0.507 e. The first-order valence-corrected chi connectivity index (χ1v) is 12.8. The lowest BCUT2D eigenvalue weighted by atomic mass is 9.95. The van der Waals surface area contributed by atoms with Crippen LogP contribution >= 0.6 is 0 Å². The number of hydrogen-bond acceptors (Lipinski definition) is 6. The van der Waals surface area contributed by atoms with Crippen LogP contribution in [-0.4, -0.2) is 63.4 Å². The van der Waals surface area contributed by atoms with E-state index >= 15 is 0 Å². The van der Waals surface area contributed by atoms with Crippen LogP contribution in [0.3, 0.4) is 0 Å². The molecular formula is C27H33N5O3. The zero-order valence-electron chi connectivity index (χ0n) is 20.1. The van der Waals surface area contributed by atoms with Crippen molar-refractivity contribution < 1.29 is 14.6 Å². The van der Waals surface area contributed by atoms with Gasteiger partial charge in [-0.1, -0.05) is 37.5 Å². The number of benzene rings is 2. The molecular weight excluding hydrogens is 442 g/mol. The first-order valence-electron chi connectivity index (χ1n) is 12.8. The van der Waals surface area contributed by atoms with Gasteiger partial charge in [0.15, 0.2) is 5.82 Å². The maximum absolute atomic E-state index is 13.5. The van der Waals surface area contributed by atoms with Gasteiger partial charge in [0.05, 0.1) is 24.3 Å². The van der Waals surface area contributed by atoms with Crippen molar-refractivity contribution in [1.82, 2.24) is 20.0 Å². The number of carbonyl (C=O) groups excluding carboxylic acids is 1. The van der Waals surface area contributed by atoms with E-state index in [2.05, 4.69) is 38.6 Å². The van der Waals surface area contributed by atoms with Crippen molar-refractivity contribution >= 4 is 22.6 Å². The summed E-state index contributed by atoms with van der Waals surface area (Å²) in [6.07, 6.45) is 6.02. The molecule has 1 amide bonds. The molecule has 3 N–H and O–H groups in total. The Kier molecular flexibility index (Phi) is 6.08. The van der Waals surface area contributed by atoms with Gasteiger partial charge < -0.3 is 20.1 Å². The van der Waals surface area contributed by atoms with Gasteiger partial charge in [-0.05, 0) is 35.6 Å². The SMILES string of the molecule is O=C(c1cc2c(NC3CCCCC3)n[nH]c2cc1O)N1Cc2ccc(CN3CCOCC3)cc2C1. The third kappa shape index (κ3) is 4.60. The van der Waals surface area contributed by atoms with Crippen LogP contribution in [0.2, 0.25) is 0 Å². The predicted molar refractivity (Wildman–Crippen MR) is 134 cm³/mol. The Bertz CT molecular complexity index is 1230. The number of carbonyl (C=O) groups is 1. The second-order valence-corrected chi connectivity index (χ2v) is 10.1.